The minimum atomic E-state index is -1.20. The van der Waals surface area contributed by atoms with Crippen molar-refractivity contribution in [3.05, 3.63) is 77.4 Å². The summed E-state index contributed by atoms with van der Waals surface area (Å²) < 4.78 is 13.5. The van der Waals surface area contributed by atoms with Crippen LogP contribution in [0.1, 0.15) is 30.8 Å². The number of aromatic nitrogens is 2. The molecule has 0 aliphatic rings. The second-order valence-electron chi connectivity index (χ2n) is 9.28. The average Bonchev–Trinajstić information content (AvgIpc) is 2.81. The van der Waals surface area contributed by atoms with Gasteiger partial charge in [0.1, 0.15) is 11.4 Å². The first-order chi connectivity index (χ1) is 17.0. The number of amides is 2. The zero-order chi connectivity index (χ0) is 26.5. The largest absolute Gasteiger partial charge is 0.378 e. The Balaban J connectivity index is 1.82. The second-order valence-corrected chi connectivity index (χ2v) is 10.2. The normalized spacial score (nSPS) is 11.2. The van der Waals surface area contributed by atoms with Gasteiger partial charge in [0, 0.05) is 43.4 Å². The molecule has 2 amide bonds. The van der Waals surface area contributed by atoms with Crippen LogP contribution in [0.4, 0.5) is 15.8 Å². The van der Waals surface area contributed by atoms with E-state index in [4.69, 9.17) is 0 Å². The average molecular weight is 510 g/mol. The SMILES string of the molecule is Cc1cc(C)nc(SCC(=O)N(Cc2ccc(F)cc2)C(C)(C)C(=O)Nc2ccc(N(C)C)cc2)n1. The molecule has 0 spiro atoms. The first-order valence-electron chi connectivity index (χ1n) is 11.5. The topological polar surface area (TPSA) is 78.4 Å². The van der Waals surface area contributed by atoms with Crippen LogP contribution in [0.5, 0.6) is 0 Å². The number of nitrogens with one attached hydrogen (secondary N) is 1. The summed E-state index contributed by atoms with van der Waals surface area (Å²) in [6.45, 7) is 7.30. The fourth-order valence-corrected chi connectivity index (χ4v) is 4.41. The maximum absolute atomic E-state index is 13.5. The Morgan fingerprint density at radius 2 is 1.56 bits per heavy atom. The van der Waals surface area contributed by atoms with Crippen LogP contribution in [-0.4, -0.2) is 52.1 Å². The van der Waals surface area contributed by atoms with Crippen molar-refractivity contribution in [3.8, 4) is 0 Å². The molecule has 1 heterocycles. The van der Waals surface area contributed by atoms with Gasteiger partial charge >= 0.3 is 0 Å². The summed E-state index contributed by atoms with van der Waals surface area (Å²) in [7, 11) is 3.88. The first kappa shape index (κ1) is 27.1. The van der Waals surface area contributed by atoms with E-state index in [0.29, 0.717) is 16.4 Å². The van der Waals surface area contributed by atoms with Crippen LogP contribution in [0.3, 0.4) is 0 Å². The van der Waals surface area contributed by atoms with E-state index in [-0.39, 0.29) is 29.9 Å². The Morgan fingerprint density at radius 1 is 0.972 bits per heavy atom. The van der Waals surface area contributed by atoms with Crippen molar-refractivity contribution in [2.75, 3.05) is 30.1 Å². The highest BCUT2D eigenvalue weighted by Gasteiger charge is 2.38. The van der Waals surface area contributed by atoms with E-state index in [9.17, 15) is 14.0 Å². The van der Waals surface area contributed by atoms with Gasteiger partial charge < -0.3 is 15.1 Å². The van der Waals surface area contributed by atoms with Gasteiger partial charge in [-0.3, -0.25) is 9.59 Å². The molecule has 0 saturated carbocycles. The Bertz CT molecular complexity index is 1190. The Morgan fingerprint density at radius 3 is 2.11 bits per heavy atom. The van der Waals surface area contributed by atoms with Crippen molar-refractivity contribution >= 4 is 35.0 Å². The lowest BCUT2D eigenvalue weighted by Gasteiger charge is -2.37. The van der Waals surface area contributed by atoms with Crippen LogP contribution >= 0.6 is 11.8 Å². The van der Waals surface area contributed by atoms with Crippen LogP contribution < -0.4 is 10.2 Å². The molecule has 0 atom stereocenters. The standard InChI is InChI=1S/C27H32FN5O2S/c1-18-15-19(2)30-26(29-18)36-17-24(34)33(16-20-7-9-21(28)10-8-20)27(3,4)25(35)31-22-11-13-23(14-12-22)32(5)6/h7-15H,16-17H2,1-6H3,(H,31,35). The van der Waals surface area contributed by atoms with Gasteiger partial charge in [-0.25, -0.2) is 14.4 Å². The van der Waals surface area contributed by atoms with Gasteiger partial charge in [-0.05, 0) is 75.7 Å². The molecule has 0 radical (unpaired) electrons. The molecular formula is C27H32FN5O2S. The van der Waals surface area contributed by atoms with Crippen molar-refractivity contribution in [1.29, 1.82) is 0 Å². The first-order valence-corrected chi connectivity index (χ1v) is 12.5. The Kier molecular flexibility index (Phi) is 8.68. The summed E-state index contributed by atoms with van der Waals surface area (Å²) in [6.07, 6.45) is 0. The van der Waals surface area contributed by atoms with Crippen molar-refractivity contribution in [3.63, 3.8) is 0 Å². The number of carbonyl (C=O) groups excluding carboxylic acids is 2. The summed E-state index contributed by atoms with van der Waals surface area (Å²) >= 11 is 1.22. The third kappa shape index (κ3) is 7.04. The van der Waals surface area contributed by atoms with Crippen LogP contribution in [-0.2, 0) is 16.1 Å². The fraction of sp³-hybridized carbons (Fsp3) is 0.333. The molecule has 0 bridgehead atoms. The van der Waals surface area contributed by atoms with Crippen molar-refractivity contribution < 1.29 is 14.0 Å². The predicted molar refractivity (Wildman–Crippen MR) is 143 cm³/mol. The predicted octanol–water partition coefficient (Wildman–Crippen LogP) is 4.84. The number of anilines is 2. The molecule has 190 valence electrons. The van der Waals surface area contributed by atoms with Gasteiger partial charge in [0.15, 0.2) is 5.16 Å². The van der Waals surface area contributed by atoms with Gasteiger partial charge in [-0.2, -0.15) is 0 Å². The highest BCUT2D eigenvalue weighted by Crippen LogP contribution is 2.25. The maximum atomic E-state index is 13.5. The second kappa shape index (κ2) is 11.5. The fourth-order valence-electron chi connectivity index (χ4n) is 3.58. The Hall–Kier alpha value is -3.46. The van der Waals surface area contributed by atoms with Gasteiger partial charge in [0.05, 0.1) is 5.75 Å². The number of halogens is 1. The number of hydrogen-bond donors (Lipinski definition) is 1. The Labute approximate surface area is 216 Å². The zero-order valence-corrected chi connectivity index (χ0v) is 22.3. The van der Waals surface area contributed by atoms with E-state index in [1.807, 2.05) is 63.2 Å². The summed E-state index contributed by atoms with van der Waals surface area (Å²) in [5.74, 6) is -0.895. The molecule has 0 unspecified atom stereocenters. The van der Waals surface area contributed by atoms with Crippen LogP contribution in [0.15, 0.2) is 59.8 Å². The number of thioether (sulfide) groups is 1. The van der Waals surface area contributed by atoms with Crippen LogP contribution in [0.25, 0.3) is 0 Å². The molecule has 3 aromatic rings. The molecule has 0 fully saturated rings. The lowest BCUT2D eigenvalue weighted by Crippen LogP contribution is -2.55. The molecule has 0 aliphatic carbocycles. The summed E-state index contributed by atoms with van der Waals surface area (Å²) in [4.78, 5) is 39.1. The summed E-state index contributed by atoms with van der Waals surface area (Å²) in [5, 5.41) is 3.43. The van der Waals surface area contributed by atoms with Crippen molar-refractivity contribution in [2.45, 2.75) is 44.9 Å². The molecule has 1 aromatic heterocycles. The summed E-state index contributed by atoms with van der Waals surface area (Å²) in [5.41, 5.74) is 2.79. The van der Waals surface area contributed by atoms with Crippen molar-refractivity contribution in [1.82, 2.24) is 14.9 Å². The molecule has 1 N–H and O–H groups in total. The van der Waals surface area contributed by atoms with Gasteiger partial charge in [-0.15, -0.1) is 0 Å². The smallest absolute Gasteiger partial charge is 0.249 e. The number of rotatable bonds is 9. The molecular weight excluding hydrogens is 477 g/mol. The van der Waals surface area contributed by atoms with E-state index in [2.05, 4.69) is 15.3 Å². The van der Waals surface area contributed by atoms with E-state index >= 15 is 0 Å². The van der Waals surface area contributed by atoms with E-state index in [1.54, 1.807) is 26.0 Å². The quantitative estimate of drug-likeness (QED) is 0.329. The highest BCUT2D eigenvalue weighted by molar-refractivity contribution is 7.99. The number of benzene rings is 2. The zero-order valence-electron chi connectivity index (χ0n) is 21.5. The lowest BCUT2D eigenvalue weighted by atomic mass is 9.99. The molecule has 9 heteroatoms. The lowest BCUT2D eigenvalue weighted by molar-refractivity contribution is -0.142. The van der Waals surface area contributed by atoms with Gasteiger partial charge in [-0.1, -0.05) is 23.9 Å². The van der Waals surface area contributed by atoms with Crippen LogP contribution in [0, 0.1) is 19.7 Å². The molecule has 36 heavy (non-hydrogen) atoms. The van der Waals surface area contributed by atoms with E-state index < -0.39 is 5.54 Å². The molecule has 3 rings (SSSR count). The van der Waals surface area contributed by atoms with Gasteiger partial charge in [0.2, 0.25) is 11.8 Å². The third-order valence-corrected chi connectivity index (χ3v) is 6.55. The highest BCUT2D eigenvalue weighted by atomic mass is 32.2. The van der Waals surface area contributed by atoms with Crippen molar-refractivity contribution in [2.24, 2.45) is 0 Å². The van der Waals surface area contributed by atoms with E-state index in [1.165, 1.54) is 28.8 Å². The minimum Gasteiger partial charge on any atom is -0.378 e. The number of hydrogen-bond acceptors (Lipinski definition) is 6. The molecule has 0 aliphatic heterocycles. The monoisotopic (exact) mass is 509 g/mol. The summed E-state index contributed by atoms with van der Waals surface area (Å²) in [6, 6.07) is 15.2. The molecule has 2 aromatic carbocycles. The minimum absolute atomic E-state index is 0.0539. The third-order valence-electron chi connectivity index (χ3n) is 5.71. The number of aryl methyl sites for hydroxylation is 2. The van der Waals surface area contributed by atoms with Gasteiger partial charge in [0.25, 0.3) is 0 Å². The number of nitrogens with zero attached hydrogens (tertiary/aromatic N) is 4. The van der Waals surface area contributed by atoms with Crippen LogP contribution in [0.2, 0.25) is 0 Å². The maximum Gasteiger partial charge on any atom is 0.249 e. The molecule has 7 nitrogen and oxygen atoms in total. The number of carbonyl (C=O) groups is 2. The molecule has 0 saturated heterocycles. The van der Waals surface area contributed by atoms with E-state index in [0.717, 1.165) is 17.1 Å².